The van der Waals surface area contributed by atoms with Crippen molar-refractivity contribution in [3.63, 3.8) is 0 Å². The van der Waals surface area contributed by atoms with Gasteiger partial charge in [0.15, 0.2) is 6.23 Å². The van der Waals surface area contributed by atoms with Gasteiger partial charge < -0.3 is 78.3 Å². The molecule has 346 valence electrons. The molecule has 1 fully saturated rings. The normalized spacial score (nSPS) is 21.0. The third-order valence-electron chi connectivity index (χ3n) is 8.52. The number of anilines is 1. The summed E-state index contributed by atoms with van der Waals surface area (Å²) in [7, 11) is -3.34. The first kappa shape index (κ1) is 51.2. The Morgan fingerprint density at radius 1 is 0.887 bits per heavy atom. The zero-order valence-electron chi connectivity index (χ0n) is 32.1. The highest BCUT2D eigenvalue weighted by atomic mass is 33.1. The number of imidazole rings is 1. The first-order valence-electron chi connectivity index (χ1n) is 18.0. The Morgan fingerprint density at radius 2 is 1.44 bits per heavy atom. The second-order valence-electron chi connectivity index (χ2n) is 13.2. The fourth-order valence-corrected chi connectivity index (χ4v) is 8.71. The fourth-order valence-electron chi connectivity index (χ4n) is 5.33. The zero-order valence-corrected chi connectivity index (χ0v) is 34.7. The van der Waals surface area contributed by atoms with Crippen LogP contribution in [0.25, 0.3) is 0 Å². The number of hydrogen-bond acceptors (Lipinski definition) is 20. The third-order valence-corrected chi connectivity index (χ3v) is 12.1. The van der Waals surface area contributed by atoms with E-state index in [9.17, 15) is 63.1 Å². The van der Waals surface area contributed by atoms with Crippen molar-refractivity contribution >= 4 is 88.5 Å². The summed E-state index contributed by atoms with van der Waals surface area (Å²) >= 11 is 0. The third kappa shape index (κ3) is 16.0. The number of carboxylic acids is 4. The molecule has 3 heterocycles. The minimum absolute atomic E-state index is 0.0828. The Hall–Kier alpha value is -5.11. The number of carbonyl (C=O) groups is 8. The van der Waals surface area contributed by atoms with Crippen molar-refractivity contribution in [2.75, 3.05) is 43.2 Å². The van der Waals surface area contributed by atoms with Crippen molar-refractivity contribution in [1.82, 2.24) is 35.9 Å². The number of amidine groups is 1. The number of nitrogens with one attached hydrogen (secondary N) is 6. The predicted molar refractivity (Wildman–Crippen MR) is 212 cm³/mol. The lowest BCUT2D eigenvalue weighted by Crippen LogP contribution is -2.50. The molecule has 62 heavy (non-hydrogen) atoms. The number of aliphatic carboxylic acids is 4. The van der Waals surface area contributed by atoms with Crippen LogP contribution in [0.2, 0.25) is 0 Å². The Bertz CT molecular complexity index is 1910. The highest BCUT2D eigenvalue weighted by molar-refractivity contribution is 8.76. The average molecular weight is 944 g/mol. The number of nitrogens with zero attached hydrogens (tertiary/aromatic N) is 3. The summed E-state index contributed by atoms with van der Waals surface area (Å²) in [5.41, 5.74) is 11.5. The van der Waals surface area contributed by atoms with Gasteiger partial charge in [-0.05, 0) is 12.8 Å². The van der Waals surface area contributed by atoms with E-state index >= 15 is 0 Å². The van der Waals surface area contributed by atoms with Gasteiger partial charge >= 0.3 is 31.6 Å². The maximum atomic E-state index is 12.9. The van der Waals surface area contributed by atoms with Gasteiger partial charge in [0.1, 0.15) is 79.6 Å². The molecule has 0 aromatic carbocycles. The Labute approximate surface area is 357 Å². The SMILES string of the molecule is NC1=NCNc2c1ncn2[C@H]1OC(COP(=O)(O)NC(CCC(=O)NC(CSSCC(NC(=O)CCC(N)C(=O)O)C(=O)NCC(=O)O)C(=O)NCC(=O)O)C(=O)O)[C@H](O)[C@@H]1O. The highest BCUT2D eigenvalue weighted by Gasteiger charge is 2.46. The van der Waals surface area contributed by atoms with Gasteiger partial charge in [-0.25, -0.2) is 19.6 Å². The molecule has 2 aliphatic heterocycles. The van der Waals surface area contributed by atoms with Gasteiger partial charge in [-0.1, -0.05) is 21.6 Å². The van der Waals surface area contributed by atoms with E-state index in [4.69, 9.17) is 36.0 Å². The number of aliphatic imine (C=N–C) groups is 1. The number of nitrogens with two attached hydrogens (primary N) is 2. The standard InChI is InChI=1S/C30H46N11O18PS2/c31-12(29(52)53)1-3-17(42)38-14(26(50)33-5-19(44)45)8-61-62-9-15(27(51)34-6-20(46)47)39-18(43)4-2-13(30(54)55)40-60(56,57)58-7-16-22(48)23(49)28(59-16)41-11-37-21-24(32)35-10-36-25(21)41/h11-16,22-23,28,36,48-49H,1-10,31H2,(H2,32,35)(H,33,50)(H,34,51)(H,38,42)(H,39,43)(H,44,45)(H,46,47)(H,52,53)(H,54,55)(H2,40,56,57)/t12?,13?,14?,15?,16?,22-,23-,28-/m0/s1. The number of aliphatic hydroxyl groups excluding tert-OH is 2. The van der Waals surface area contributed by atoms with Crippen molar-refractivity contribution in [3.05, 3.63) is 12.0 Å². The fraction of sp³-hybridized carbons (Fsp3) is 0.600. The summed E-state index contributed by atoms with van der Waals surface area (Å²) in [6.07, 6.45) is -6.71. The molecule has 6 unspecified atom stereocenters. The quantitative estimate of drug-likeness (QED) is 0.0222. The molecule has 29 nitrogen and oxygen atoms in total. The molecule has 1 aromatic rings. The molecule has 9 atom stereocenters. The highest BCUT2D eigenvalue weighted by Crippen LogP contribution is 2.41. The van der Waals surface area contributed by atoms with Crippen LogP contribution >= 0.6 is 29.3 Å². The van der Waals surface area contributed by atoms with Crippen molar-refractivity contribution in [1.29, 1.82) is 0 Å². The first-order valence-corrected chi connectivity index (χ1v) is 22.1. The number of ether oxygens (including phenoxy) is 1. The molecule has 1 aromatic heterocycles. The number of carboxylic acid groups (broad SMARTS) is 4. The van der Waals surface area contributed by atoms with Crippen molar-refractivity contribution in [2.45, 2.75) is 74.4 Å². The van der Waals surface area contributed by atoms with E-state index < -0.39 is 143 Å². The van der Waals surface area contributed by atoms with Gasteiger partial charge in [0.05, 0.1) is 12.9 Å². The summed E-state index contributed by atoms with van der Waals surface area (Å²) in [4.78, 5) is 114. The molecule has 32 heteroatoms. The van der Waals surface area contributed by atoms with Crippen LogP contribution in [0.1, 0.15) is 37.6 Å². The number of amides is 4. The van der Waals surface area contributed by atoms with E-state index in [1.54, 1.807) is 0 Å². The summed E-state index contributed by atoms with van der Waals surface area (Å²) in [6.45, 7) is -2.42. The molecule has 0 bridgehead atoms. The second kappa shape index (κ2) is 23.9. The van der Waals surface area contributed by atoms with Crippen LogP contribution in [0.5, 0.6) is 0 Å². The van der Waals surface area contributed by atoms with Crippen LogP contribution in [-0.2, 0) is 52.2 Å². The first-order chi connectivity index (χ1) is 29.1. The van der Waals surface area contributed by atoms with E-state index in [0.29, 0.717) is 5.82 Å². The molecule has 4 amide bonds. The van der Waals surface area contributed by atoms with E-state index in [1.807, 2.05) is 5.09 Å². The van der Waals surface area contributed by atoms with Gasteiger partial charge in [0, 0.05) is 24.3 Å². The van der Waals surface area contributed by atoms with E-state index in [0.717, 1.165) is 21.6 Å². The van der Waals surface area contributed by atoms with Gasteiger partial charge in [-0.2, -0.15) is 0 Å². The summed E-state index contributed by atoms with van der Waals surface area (Å²) in [5.74, 6) is -9.77. The Balaban J connectivity index is 1.57. The van der Waals surface area contributed by atoms with Gasteiger partial charge in [-0.15, -0.1) is 0 Å². The minimum atomic E-state index is -5.03. The second-order valence-corrected chi connectivity index (χ2v) is 17.3. The number of carbonyl (C=O) groups excluding carboxylic acids is 4. The van der Waals surface area contributed by atoms with E-state index in [-0.39, 0.29) is 36.1 Å². The monoisotopic (exact) mass is 943 g/mol. The number of aromatic nitrogens is 2. The van der Waals surface area contributed by atoms with Crippen molar-refractivity contribution in [2.24, 2.45) is 16.5 Å². The van der Waals surface area contributed by atoms with Gasteiger partial charge in [-0.3, -0.25) is 47.4 Å². The van der Waals surface area contributed by atoms with Crippen LogP contribution in [0.4, 0.5) is 5.82 Å². The molecular weight excluding hydrogens is 897 g/mol. The number of hydrogen-bond donors (Lipinski definition) is 15. The zero-order chi connectivity index (χ0) is 46.3. The molecule has 0 radical (unpaired) electrons. The number of rotatable bonds is 27. The molecule has 2 aliphatic rings. The molecule has 17 N–H and O–H groups in total. The Kier molecular flexibility index (Phi) is 19.8. The van der Waals surface area contributed by atoms with Gasteiger partial charge in [0.25, 0.3) is 0 Å². The smallest absolute Gasteiger partial charge is 0.403 e. The van der Waals surface area contributed by atoms with Crippen LogP contribution in [0.15, 0.2) is 11.3 Å². The van der Waals surface area contributed by atoms with Crippen LogP contribution in [0, 0.1) is 0 Å². The molecule has 3 rings (SSSR count). The average Bonchev–Trinajstić information content (AvgIpc) is 3.76. The topological polar surface area (TPSA) is 468 Å². The Morgan fingerprint density at radius 3 is 1.95 bits per heavy atom. The lowest BCUT2D eigenvalue weighted by atomic mass is 10.1. The molecular formula is C30H46N11O18PS2. The van der Waals surface area contributed by atoms with Crippen LogP contribution in [0.3, 0.4) is 0 Å². The van der Waals surface area contributed by atoms with Crippen molar-refractivity contribution in [3.8, 4) is 0 Å². The number of fused-ring (bicyclic) bond motifs is 1. The maximum absolute atomic E-state index is 12.9. The molecule has 0 spiro atoms. The van der Waals surface area contributed by atoms with Crippen LogP contribution < -0.4 is 43.1 Å². The summed E-state index contributed by atoms with van der Waals surface area (Å²) in [5, 5.41) is 71.3. The maximum Gasteiger partial charge on any atom is 0.403 e. The summed E-state index contributed by atoms with van der Waals surface area (Å²) < 4.78 is 24.9. The lowest BCUT2D eigenvalue weighted by molar-refractivity contribution is -0.140. The molecule has 1 saturated heterocycles. The largest absolute Gasteiger partial charge is 0.480 e. The lowest BCUT2D eigenvalue weighted by Gasteiger charge is -2.22. The van der Waals surface area contributed by atoms with Gasteiger partial charge in [0.2, 0.25) is 23.6 Å². The summed E-state index contributed by atoms with van der Waals surface area (Å²) in [6, 6.07) is -6.15. The predicted octanol–water partition coefficient (Wildman–Crippen LogP) is -5.52. The molecule has 0 aliphatic carbocycles. The molecule has 0 saturated carbocycles. The van der Waals surface area contributed by atoms with Crippen molar-refractivity contribution < 1.29 is 87.7 Å². The minimum Gasteiger partial charge on any atom is -0.480 e. The number of aliphatic hydroxyl groups is 2. The van der Waals surface area contributed by atoms with E-state index in [2.05, 4.69) is 36.6 Å². The van der Waals surface area contributed by atoms with E-state index in [1.165, 1.54) is 10.9 Å². The van der Waals surface area contributed by atoms with Crippen LogP contribution in [-0.4, -0.2) is 179 Å².